The quantitative estimate of drug-likeness (QED) is 0.498. The standard InChI is InChI=1S/C26H32N4O2/c1-19(2)20-10-12-21(13-11-20)26-27-24(32-28-26)14-15-25(31)29(3)18-22-8-4-5-9-23(22)30-16-6-7-17-30/h4-5,8-13,19H,6-7,14-18H2,1-3H3. The molecular formula is C26H32N4O2. The number of nitrogens with zero attached hydrogens (tertiary/aromatic N) is 4. The molecule has 1 aliphatic heterocycles. The molecule has 1 saturated heterocycles. The van der Waals surface area contributed by atoms with Crippen molar-refractivity contribution in [2.45, 2.75) is 52.0 Å². The van der Waals surface area contributed by atoms with Crippen molar-refractivity contribution in [2.24, 2.45) is 0 Å². The lowest BCUT2D eigenvalue weighted by Gasteiger charge is -2.24. The van der Waals surface area contributed by atoms with E-state index in [1.807, 2.05) is 25.2 Å². The monoisotopic (exact) mass is 432 g/mol. The van der Waals surface area contributed by atoms with Crippen molar-refractivity contribution in [3.63, 3.8) is 0 Å². The van der Waals surface area contributed by atoms with Crippen LogP contribution in [-0.4, -0.2) is 41.1 Å². The fourth-order valence-electron chi connectivity index (χ4n) is 4.15. The normalized spacial score (nSPS) is 13.7. The van der Waals surface area contributed by atoms with Gasteiger partial charge in [0.25, 0.3) is 0 Å². The van der Waals surface area contributed by atoms with Crippen LogP contribution in [0.1, 0.15) is 56.0 Å². The molecule has 4 rings (SSSR count). The molecule has 3 aromatic rings. The summed E-state index contributed by atoms with van der Waals surface area (Å²) in [6, 6.07) is 16.6. The zero-order valence-corrected chi connectivity index (χ0v) is 19.3. The van der Waals surface area contributed by atoms with Crippen molar-refractivity contribution in [3.05, 3.63) is 65.5 Å². The fourth-order valence-corrected chi connectivity index (χ4v) is 4.15. The second-order valence-corrected chi connectivity index (χ2v) is 8.86. The molecule has 2 aromatic carbocycles. The number of rotatable bonds is 8. The van der Waals surface area contributed by atoms with Gasteiger partial charge in [0.1, 0.15) is 0 Å². The van der Waals surface area contributed by atoms with Crippen molar-refractivity contribution in [1.82, 2.24) is 15.0 Å². The smallest absolute Gasteiger partial charge is 0.227 e. The van der Waals surface area contributed by atoms with Gasteiger partial charge in [-0.3, -0.25) is 4.79 Å². The summed E-state index contributed by atoms with van der Waals surface area (Å²) < 4.78 is 5.39. The van der Waals surface area contributed by atoms with Crippen LogP contribution < -0.4 is 4.90 Å². The topological polar surface area (TPSA) is 62.5 Å². The van der Waals surface area contributed by atoms with Gasteiger partial charge in [0.2, 0.25) is 17.6 Å². The maximum absolute atomic E-state index is 12.8. The Kier molecular flexibility index (Phi) is 6.88. The maximum Gasteiger partial charge on any atom is 0.227 e. The number of aryl methyl sites for hydroxylation is 1. The van der Waals surface area contributed by atoms with Gasteiger partial charge in [-0.2, -0.15) is 4.98 Å². The third-order valence-electron chi connectivity index (χ3n) is 6.13. The van der Waals surface area contributed by atoms with Crippen LogP contribution in [0.25, 0.3) is 11.4 Å². The van der Waals surface area contributed by atoms with E-state index in [9.17, 15) is 4.79 Å². The van der Waals surface area contributed by atoms with Crippen molar-refractivity contribution in [3.8, 4) is 11.4 Å². The first kappa shape index (κ1) is 22.1. The van der Waals surface area contributed by atoms with Crippen LogP contribution in [0, 0.1) is 0 Å². The molecule has 0 radical (unpaired) electrons. The van der Waals surface area contributed by atoms with Gasteiger partial charge in [0.05, 0.1) is 0 Å². The number of anilines is 1. The summed E-state index contributed by atoms with van der Waals surface area (Å²) in [5.74, 6) is 1.61. The number of amides is 1. The molecule has 0 bridgehead atoms. The molecule has 0 atom stereocenters. The van der Waals surface area contributed by atoms with Crippen LogP contribution in [0.3, 0.4) is 0 Å². The lowest BCUT2D eigenvalue weighted by Crippen LogP contribution is -2.28. The van der Waals surface area contributed by atoms with Crippen LogP contribution in [-0.2, 0) is 17.8 Å². The molecule has 0 unspecified atom stereocenters. The summed E-state index contributed by atoms with van der Waals surface area (Å²) in [5, 5.41) is 4.09. The Balaban J connectivity index is 1.33. The predicted octanol–water partition coefficient (Wildman–Crippen LogP) is 5.05. The first-order chi connectivity index (χ1) is 15.5. The third-order valence-corrected chi connectivity index (χ3v) is 6.13. The Morgan fingerprint density at radius 3 is 2.53 bits per heavy atom. The zero-order valence-electron chi connectivity index (χ0n) is 19.3. The summed E-state index contributed by atoms with van der Waals surface area (Å²) in [4.78, 5) is 21.4. The van der Waals surface area contributed by atoms with Gasteiger partial charge in [0, 0.05) is 50.8 Å². The molecule has 1 aliphatic rings. The summed E-state index contributed by atoms with van der Waals surface area (Å²) >= 11 is 0. The van der Waals surface area contributed by atoms with Crippen LogP contribution in [0.2, 0.25) is 0 Å². The average Bonchev–Trinajstić information content (AvgIpc) is 3.50. The minimum Gasteiger partial charge on any atom is -0.371 e. The lowest BCUT2D eigenvalue weighted by molar-refractivity contribution is -0.130. The molecule has 32 heavy (non-hydrogen) atoms. The fraction of sp³-hybridized carbons (Fsp3) is 0.423. The number of aromatic nitrogens is 2. The van der Waals surface area contributed by atoms with Crippen LogP contribution in [0.15, 0.2) is 53.1 Å². The number of carbonyl (C=O) groups is 1. The van der Waals surface area contributed by atoms with E-state index in [1.165, 1.54) is 29.7 Å². The van der Waals surface area contributed by atoms with Crippen molar-refractivity contribution in [1.29, 1.82) is 0 Å². The van der Waals surface area contributed by atoms with Gasteiger partial charge >= 0.3 is 0 Å². The SMILES string of the molecule is CC(C)c1ccc(-c2noc(CCC(=O)N(C)Cc3ccccc3N3CCCC3)n2)cc1. The van der Waals surface area contributed by atoms with E-state index in [2.05, 4.69) is 59.2 Å². The van der Waals surface area contributed by atoms with Gasteiger partial charge in [-0.25, -0.2) is 0 Å². The molecule has 1 amide bonds. The van der Waals surface area contributed by atoms with Gasteiger partial charge in [-0.05, 0) is 36.0 Å². The van der Waals surface area contributed by atoms with Crippen LogP contribution in [0.5, 0.6) is 0 Å². The molecular weight excluding hydrogens is 400 g/mol. The molecule has 168 valence electrons. The van der Waals surface area contributed by atoms with Crippen molar-refractivity contribution < 1.29 is 9.32 Å². The minimum atomic E-state index is 0.0715. The van der Waals surface area contributed by atoms with E-state index in [-0.39, 0.29) is 5.91 Å². The molecule has 6 nitrogen and oxygen atoms in total. The minimum absolute atomic E-state index is 0.0715. The Bertz CT molecular complexity index is 1040. The Labute approximate surface area is 190 Å². The average molecular weight is 433 g/mol. The van der Waals surface area contributed by atoms with Crippen molar-refractivity contribution in [2.75, 3.05) is 25.0 Å². The Hall–Kier alpha value is -3.15. The highest BCUT2D eigenvalue weighted by molar-refractivity contribution is 5.76. The molecule has 0 saturated carbocycles. The number of para-hydroxylation sites is 1. The van der Waals surface area contributed by atoms with Gasteiger partial charge in [-0.15, -0.1) is 0 Å². The van der Waals surface area contributed by atoms with E-state index in [1.54, 1.807) is 4.90 Å². The van der Waals surface area contributed by atoms with E-state index in [4.69, 9.17) is 4.52 Å². The molecule has 0 N–H and O–H groups in total. The zero-order chi connectivity index (χ0) is 22.5. The summed E-state index contributed by atoms with van der Waals surface area (Å²) in [5.41, 5.74) is 4.63. The van der Waals surface area contributed by atoms with E-state index in [0.717, 1.165) is 18.7 Å². The molecule has 1 aromatic heterocycles. The molecule has 1 fully saturated rings. The Morgan fingerprint density at radius 1 is 1.09 bits per heavy atom. The second-order valence-electron chi connectivity index (χ2n) is 8.86. The lowest BCUT2D eigenvalue weighted by atomic mass is 10.0. The summed E-state index contributed by atoms with van der Waals surface area (Å²) in [6.45, 7) is 7.12. The first-order valence-electron chi connectivity index (χ1n) is 11.5. The highest BCUT2D eigenvalue weighted by Gasteiger charge is 2.18. The predicted molar refractivity (Wildman–Crippen MR) is 127 cm³/mol. The molecule has 0 aliphatic carbocycles. The number of hydrogen-bond acceptors (Lipinski definition) is 5. The maximum atomic E-state index is 12.8. The van der Waals surface area contributed by atoms with E-state index in [0.29, 0.717) is 37.0 Å². The highest BCUT2D eigenvalue weighted by atomic mass is 16.5. The van der Waals surface area contributed by atoms with Crippen LogP contribution >= 0.6 is 0 Å². The largest absolute Gasteiger partial charge is 0.371 e. The highest BCUT2D eigenvalue weighted by Crippen LogP contribution is 2.26. The summed E-state index contributed by atoms with van der Waals surface area (Å²) in [6.07, 6.45) is 3.25. The van der Waals surface area contributed by atoms with Gasteiger partial charge < -0.3 is 14.3 Å². The van der Waals surface area contributed by atoms with Gasteiger partial charge in [-0.1, -0.05) is 61.5 Å². The van der Waals surface area contributed by atoms with E-state index < -0.39 is 0 Å². The number of benzene rings is 2. The molecule has 2 heterocycles. The third kappa shape index (κ3) is 5.18. The Morgan fingerprint density at radius 2 is 1.81 bits per heavy atom. The number of carbonyl (C=O) groups excluding carboxylic acids is 1. The second kappa shape index (κ2) is 9.98. The summed E-state index contributed by atoms with van der Waals surface area (Å²) in [7, 11) is 1.86. The van der Waals surface area contributed by atoms with Crippen molar-refractivity contribution >= 4 is 11.6 Å². The molecule has 6 heteroatoms. The number of hydrogen-bond donors (Lipinski definition) is 0. The van der Waals surface area contributed by atoms with E-state index >= 15 is 0 Å². The first-order valence-corrected chi connectivity index (χ1v) is 11.5. The van der Waals surface area contributed by atoms with Crippen LogP contribution in [0.4, 0.5) is 5.69 Å². The van der Waals surface area contributed by atoms with Gasteiger partial charge in [0.15, 0.2) is 0 Å². The molecule has 0 spiro atoms.